The maximum atomic E-state index is 13.1. The number of esters is 1. The van der Waals surface area contributed by atoms with Crippen molar-refractivity contribution >= 4 is 18.9 Å². The number of aliphatic imine (C=N–C) groups is 1. The molecule has 1 saturated carbocycles. The summed E-state index contributed by atoms with van der Waals surface area (Å²) >= 11 is 0. The first-order valence-corrected chi connectivity index (χ1v) is 8.85. The largest absolute Gasteiger partial charge is 0.497 e. The molecule has 1 fully saturated rings. The van der Waals surface area contributed by atoms with E-state index in [1.807, 2.05) is 0 Å². The molecule has 0 atom stereocenters. The second-order valence-electron chi connectivity index (χ2n) is 6.33. The highest BCUT2D eigenvalue weighted by Gasteiger charge is 2.28. The average molecular weight is 369 g/mol. The van der Waals surface area contributed by atoms with E-state index in [9.17, 15) is 9.59 Å². The predicted octanol–water partition coefficient (Wildman–Crippen LogP) is 3.04. The lowest BCUT2D eigenvalue weighted by Gasteiger charge is -2.08. The molecule has 7 nitrogen and oxygen atoms in total. The van der Waals surface area contributed by atoms with Crippen LogP contribution in [-0.2, 0) is 4.74 Å². The minimum Gasteiger partial charge on any atom is -0.497 e. The van der Waals surface area contributed by atoms with Gasteiger partial charge in [-0.3, -0.25) is 14.1 Å². The molecule has 7 heteroatoms. The van der Waals surface area contributed by atoms with Crippen LogP contribution >= 0.6 is 0 Å². The summed E-state index contributed by atoms with van der Waals surface area (Å²) in [5.41, 5.74) is 1.64. The zero-order valence-electron chi connectivity index (χ0n) is 15.8. The minimum absolute atomic E-state index is 0.197. The number of ether oxygens (including phenoxy) is 2. The van der Waals surface area contributed by atoms with Crippen LogP contribution in [0.3, 0.4) is 0 Å². The van der Waals surface area contributed by atoms with Gasteiger partial charge in [0, 0.05) is 12.1 Å². The van der Waals surface area contributed by atoms with Crippen molar-refractivity contribution < 1.29 is 14.3 Å². The summed E-state index contributed by atoms with van der Waals surface area (Å²) in [6, 6.07) is 6.92. The molecule has 1 aromatic heterocycles. The normalized spacial score (nSPS) is 14.1. The van der Waals surface area contributed by atoms with Crippen LogP contribution < -0.4 is 10.4 Å². The average Bonchev–Trinajstić information content (AvgIpc) is 3.48. The van der Waals surface area contributed by atoms with Crippen LogP contribution in [-0.4, -0.2) is 35.5 Å². The Kier molecular flexibility index (Phi) is 5.30. The molecule has 0 saturated heterocycles. The highest BCUT2D eigenvalue weighted by molar-refractivity contribution is 5.90. The van der Waals surface area contributed by atoms with E-state index < -0.39 is 5.97 Å². The summed E-state index contributed by atoms with van der Waals surface area (Å²) in [6.45, 7) is 7.27. The lowest BCUT2D eigenvalue weighted by atomic mass is 10.2. The van der Waals surface area contributed by atoms with Gasteiger partial charge in [-0.15, -0.1) is 0 Å². The van der Waals surface area contributed by atoms with E-state index in [0.717, 1.165) is 18.5 Å². The Morgan fingerprint density at radius 2 is 2.00 bits per heavy atom. The van der Waals surface area contributed by atoms with Gasteiger partial charge in [-0.2, -0.15) is 0 Å². The summed E-state index contributed by atoms with van der Waals surface area (Å²) in [7, 11) is 1.57. The van der Waals surface area contributed by atoms with Crippen LogP contribution in [0.25, 0.3) is 11.9 Å². The number of carbonyl (C=O) groups is 1. The molecule has 2 aromatic rings. The minimum atomic E-state index is -0.547. The number of imidazole rings is 1. The van der Waals surface area contributed by atoms with Crippen molar-refractivity contribution in [1.82, 2.24) is 9.13 Å². The number of aromatic nitrogens is 2. The monoisotopic (exact) mass is 369 g/mol. The summed E-state index contributed by atoms with van der Waals surface area (Å²) < 4.78 is 13.2. The van der Waals surface area contributed by atoms with Crippen molar-refractivity contribution in [3.8, 4) is 11.4 Å². The highest BCUT2D eigenvalue weighted by Crippen LogP contribution is 2.37. The number of benzene rings is 1. The smallest absolute Gasteiger partial charge is 0.357 e. The second kappa shape index (κ2) is 7.65. The van der Waals surface area contributed by atoms with E-state index in [4.69, 9.17) is 9.47 Å². The highest BCUT2D eigenvalue weighted by atomic mass is 16.5. The third-order valence-electron chi connectivity index (χ3n) is 4.56. The zero-order chi connectivity index (χ0) is 19.6. The standard InChI is InChI=1S/C20H23N3O4/c1-5-27-19(24)18-13(2)22(12-17(21-3)14-6-7-14)20(25)23(18)15-8-10-16(26-4)11-9-15/h8-12,14H,3,5-7H2,1-2,4H3/b17-12-. The van der Waals surface area contributed by atoms with E-state index in [1.165, 1.54) is 9.13 Å². The van der Waals surface area contributed by atoms with Crippen molar-refractivity contribution in [1.29, 1.82) is 0 Å². The van der Waals surface area contributed by atoms with Gasteiger partial charge in [0.15, 0.2) is 5.69 Å². The predicted molar refractivity (Wildman–Crippen MR) is 104 cm³/mol. The molecular formula is C20H23N3O4. The number of methoxy groups -OCH3 is 1. The van der Waals surface area contributed by atoms with Crippen LogP contribution in [0.4, 0.5) is 0 Å². The van der Waals surface area contributed by atoms with Crippen molar-refractivity contribution in [2.24, 2.45) is 10.9 Å². The lowest BCUT2D eigenvalue weighted by Crippen LogP contribution is -2.23. The maximum absolute atomic E-state index is 13.1. The van der Waals surface area contributed by atoms with Crippen molar-refractivity contribution in [2.45, 2.75) is 26.7 Å². The maximum Gasteiger partial charge on any atom is 0.357 e. The Morgan fingerprint density at radius 3 is 2.52 bits per heavy atom. The lowest BCUT2D eigenvalue weighted by molar-refractivity contribution is 0.0515. The molecule has 0 bridgehead atoms. The van der Waals surface area contributed by atoms with Gasteiger partial charge in [-0.25, -0.2) is 9.59 Å². The molecule has 142 valence electrons. The number of carbonyl (C=O) groups excluding carboxylic acids is 1. The Balaban J connectivity index is 2.20. The quantitative estimate of drug-likeness (QED) is 0.555. The molecule has 27 heavy (non-hydrogen) atoms. The van der Waals surface area contributed by atoms with Gasteiger partial charge in [0.25, 0.3) is 0 Å². The van der Waals surface area contributed by atoms with E-state index >= 15 is 0 Å². The topological polar surface area (TPSA) is 74.8 Å². The first-order valence-electron chi connectivity index (χ1n) is 8.85. The first kappa shape index (κ1) is 18.7. The molecule has 1 heterocycles. The van der Waals surface area contributed by atoms with Gasteiger partial charge in [0.2, 0.25) is 0 Å². The second-order valence-corrected chi connectivity index (χ2v) is 6.33. The molecule has 0 amide bonds. The van der Waals surface area contributed by atoms with Crippen molar-refractivity contribution in [2.75, 3.05) is 13.7 Å². The van der Waals surface area contributed by atoms with E-state index in [2.05, 4.69) is 11.7 Å². The Morgan fingerprint density at radius 1 is 1.33 bits per heavy atom. The zero-order valence-corrected chi connectivity index (χ0v) is 15.8. The SMILES string of the molecule is C=N/C(=C\n1c(C)c(C(=O)OCC)n(-c2ccc(OC)cc2)c1=O)C1CC1. The van der Waals surface area contributed by atoms with E-state index in [1.54, 1.807) is 51.4 Å². The number of allylic oxidation sites excluding steroid dienone is 1. The molecule has 0 aliphatic heterocycles. The Bertz CT molecular complexity index is 947. The van der Waals surface area contributed by atoms with Gasteiger partial charge in [-0.1, -0.05) is 0 Å². The summed E-state index contributed by atoms with van der Waals surface area (Å²) in [5, 5.41) is 0. The molecular weight excluding hydrogens is 346 g/mol. The third kappa shape index (κ3) is 3.58. The summed E-state index contributed by atoms with van der Waals surface area (Å²) in [4.78, 5) is 29.8. The Hall–Kier alpha value is -3.09. The number of hydrogen-bond donors (Lipinski definition) is 0. The fourth-order valence-electron chi connectivity index (χ4n) is 2.97. The summed E-state index contributed by atoms with van der Waals surface area (Å²) in [5.74, 6) is 0.436. The third-order valence-corrected chi connectivity index (χ3v) is 4.56. The van der Waals surface area contributed by atoms with Crippen molar-refractivity contribution in [3.05, 3.63) is 51.8 Å². The number of hydrogen-bond acceptors (Lipinski definition) is 5. The molecule has 1 aromatic carbocycles. The van der Waals surface area contributed by atoms with Crippen LogP contribution in [0.2, 0.25) is 0 Å². The van der Waals surface area contributed by atoms with Crippen molar-refractivity contribution in [3.63, 3.8) is 0 Å². The summed E-state index contributed by atoms with van der Waals surface area (Å²) in [6.07, 6.45) is 3.73. The van der Waals surface area contributed by atoms with E-state index in [-0.39, 0.29) is 18.0 Å². The molecule has 0 N–H and O–H groups in total. The fourth-order valence-corrected chi connectivity index (χ4v) is 2.97. The van der Waals surface area contributed by atoms with Gasteiger partial charge in [0.1, 0.15) is 5.75 Å². The van der Waals surface area contributed by atoms with Crippen LogP contribution in [0.1, 0.15) is 35.9 Å². The molecule has 0 radical (unpaired) electrons. The molecule has 1 aliphatic rings. The molecule has 0 spiro atoms. The van der Waals surface area contributed by atoms with Gasteiger partial charge in [0.05, 0.1) is 30.8 Å². The van der Waals surface area contributed by atoms with Gasteiger partial charge >= 0.3 is 11.7 Å². The van der Waals surface area contributed by atoms with Gasteiger partial charge < -0.3 is 9.47 Å². The number of nitrogens with zero attached hydrogens (tertiary/aromatic N) is 3. The van der Waals surface area contributed by atoms with Crippen LogP contribution in [0.5, 0.6) is 5.75 Å². The van der Waals surface area contributed by atoms with Crippen LogP contribution in [0, 0.1) is 12.8 Å². The molecule has 3 rings (SSSR count). The van der Waals surface area contributed by atoms with E-state index in [0.29, 0.717) is 23.0 Å². The number of rotatable bonds is 7. The van der Waals surface area contributed by atoms with Crippen LogP contribution in [0.15, 0.2) is 39.7 Å². The fraction of sp³-hybridized carbons (Fsp3) is 0.350. The molecule has 1 aliphatic carbocycles. The molecule has 0 unspecified atom stereocenters. The Labute approximate surface area is 157 Å². The van der Waals surface area contributed by atoms with Gasteiger partial charge in [-0.05, 0) is 57.7 Å². The first-order chi connectivity index (χ1) is 13.0.